The van der Waals surface area contributed by atoms with Crippen LogP contribution in [0.4, 0.5) is 4.79 Å². The van der Waals surface area contributed by atoms with Gasteiger partial charge in [-0.1, -0.05) is 47.5 Å². The highest BCUT2D eigenvalue weighted by Gasteiger charge is 2.37. The first kappa shape index (κ1) is 25.4. The molecule has 1 saturated heterocycles. The highest BCUT2D eigenvalue weighted by atomic mass is 35.5. The number of urea groups is 1. The zero-order chi connectivity index (χ0) is 24.0. The van der Waals surface area contributed by atoms with E-state index in [0.717, 1.165) is 11.1 Å². The summed E-state index contributed by atoms with van der Waals surface area (Å²) in [4.78, 5) is 17.3. The number of carbonyl (C=O) groups excluding carboxylic acids is 1. The summed E-state index contributed by atoms with van der Waals surface area (Å²) in [6.45, 7) is 8.22. The van der Waals surface area contributed by atoms with Crippen molar-refractivity contribution in [1.29, 1.82) is 5.26 Å². The van der Waals surface area contributed by atoms with Crippen molar-refractivity contribution in [2.24, 2.45) is 0 Å². The standard InChI is InChI=1S/C25H30BCl2N3O2/c1-25(2,3)33-17-21-16-30(11-10-26(21)18-29)24(32)31(14-19-6-4-8-22(27)12-19)15-20-7-5-9-23(28)13-20/h4-9,12-13,21H,10-11,14-17H2,1-3H3. The average Bonchev–Trinajstić information content (AvgIpc) is 2.76. The second-order valence-electron chi connectivity index (χ2n) is 9.55. The summed E-state index contributed by atoms with van der Waals surface area (Å²) >= 11 is 12.4. The molecular weight excluding hydrogens is 456 g/mol. The lowest BCUT2D eigenvalue weighted by Crippen LogP contribution is -2.50. The molecule has 1 aliphatic heterocycles. The number of nitrogens with zero attached hydrogens (tertiary/aromatic N) is 3. The van der Waals surface area contributed by atoms with E-state index in [2.05, 4.69) is 5.97 Å². The average molecular weight is 486 g/mol. The third-order valence-electron chi connectivity index (χ3n) is 5.70. The molecule has 1 atom stereocenters. The summed E-state index contributed by atoms with van der Waals surface area (Å²) in [6, 6.07) is 15.0. The van der Waals surface area contributed by atoms with E-state index in [-0.39, 0.29) is 24.2 Å². The van der Waals surface area contributed by atoms with Gasteiger partial charge in [0.15, 0.2) is 0 Å². The highest BCUT2D eigenvalue weighted by Crippen LogP contribution is 2.26. The Labute approximate surface area is 207 Å². The van der Waals surface area contributed by atoms with Crippen LogP contribution in [-0.4, -0.2) is 47.8 Å². The predicted molar refractivity (Wildman–Crippen MR) is 135 cm³/mol. The van der Waals surface area contributed by atoms with E-state index in [0.29, 0.717) is 49.2 Å². The van der Waals surface area contributed by atoms with Crippen LogP contribution in [0.2, 0.25) is 22.2 Å². The molecule has 0 saturated carbocycles. The van der Waals surface area contributed by atoms with Crippen molar-refractivity contribution in [3.63, 3.8) is 0 Å². The molecule has 5 nitrogen and oxygen atoms in total. The summed E-state index contributed by atoms with van der Waals surface area (Å²) in [6.07, 6.45) is 0.641. The topological polar surface area (TPSA) is 56.6 Å². The Kier molecular flexibility index (Phi) is 8.70. The first-order valence-electron chi connectivity index (χ1n) is 11.2. The maximum atomic E-state index is 13.7. The maximum absolute atomic E-state index is 13.7. The van der Waals surface area contributed by atoms with Gasteiger partial charge in [0.25, 0.3) is 6.71 Å². The molecule has 1 aliphatic rings. The Morgan fingerprint density at radius 2 is 1.73 bits per heavy atom. The molecule has 1 heterocycles. The third kappa shape index (κ3) is 7.67. The van der Waals surface area contributed by atoms with Crippen molar-refractivity contribution in [3.05, 3.63) is 69.7 Å². The highest BCUT2D eigenvalue weighted by molar-refractivity contribution is 6.68. The van der Waals surface area contributed by atoms with Gasteiger partial charge in [0.05, 0.1) is 5.60 Å². The van der Waals surface area contributed by atoms with Crippen LogP contribution < -0.4 is 0 Å². The van der Waals surface area contributed by atoms with E-state index in [4.69, 9.17) is 27.9 Å². The molecule has 1 unspecified atom stereocenters. The molecule has 2 aromatic rings. The first-order valence-corrected chi connectivity index (χ1v) is 12.0. The fourth-order valence-electron chi connectivity index (χ4n) is 4.00. The second kappa shape index (κ2) is 11.3. The minimum absolute atomic E-state index is 0.0221. The monoisotopic (exact) mass is 485 g/mol. The quantitative estimate of drug-likeness (QED) is 0.459. The van der Waals surface area contributed by atoms with Crippen LogP contribution in [0.5, 0.6) is 0 Å². The summed E-state index contributed by atoms with van der Waals surface area (Å²) < 4.78 is 5.98. The zero-order valence-corrected chi connectivity index (χ0v) is 20.9. The van der Waals surface area contributed by atoms with Crippen molar-refractivity contribution in [3.8, 4) is 5.97 Å². The SMILES string of the molecule is CC(C)(C)OCC1CN(C(=O)N(Cc2cccc(Cl)c2)Cc2cccc(Cl)c2)CCB1C#N. The number of hydrogen-bond acceptors (Lipinski definition) is 3. The van der Waals surface area contributed by atoms with E-state index in [1.54, 1.807) is 0 Å². The Balaban J connectivity index is 1.79. The van der Waals surface area contributed by atoms with Gasteiger partial charge in [-0.25, -0.2) is 10.1 Å². The third-order valence-corrected chi connectivity index (χ3v) is 6.17. The number of rotatable bonds is 6. The van der Waals surface area contributed by atoms with Crippen LogP contribution in [0.25, 0.3) is 0 Å². The fourth-order valence-corrected chi connectivity index (χ4v) is 4.43. The van der Waals surface area contributed by atoms with Gasteiger partial charge in [-0.3, -0.25) is 0 Å². The van der Waals surface area contributed by atoms with E-state index in [1.807, 2.05) is 79.1 Å². The number of ether oxygens (including phenoxy) is 1. The molecule has 0 spiro atoms. The van der Waals surface area contributed by atoms with Crippen LogP contribution in [0.3, 0.4) is 0 Å². The molecule has 2 amide bonds. The van der Waals surface area contributed by atoms with Crippen molar-refractivity contribution in [1.82, 2.24) is 9.80 Å². The Hall–Kier alpha value is -2.20. The van der Waals surface area contributed by atoms with Crippen LogP contribution in [-0.2, 0) is 17.8 Å². The van der Waals surface area contributed by atoms with E-state index in [1.165, 1.54) is 0 Å². The van der Waals surface area contributed by atoms with E-state index in [9.17, 15) is 10.1 Å². The molecule has 0 N–H and O–H groups in total. The van der Waals surface area contributed by atoms with Gasteiger partial charge in [0.2, 0.25) is 0 Å². The molecule has 0 aromatic heterocycles. The van der Waals surface area contributed by atoms with Gasteiger partial charge >= 0.3 is 6.03 Å². The lowest BCUT2D eigenvalue weighted by Gasteiger charge is -2.38. The van der Waals surface area contributed by atoms with Gasteiger partial charge in [0, 0.05) is 48.8 Å². The van der Waals surface area contributed by atoms with E-state index >= 15 is 0 Å². The molecule has 1 fully saturated rings. The predicted octanol–water partition coefficient (Wildman–Crippen LogP) is 6.17. The molecule has 0 aliphatic carbocycles. The van der Waals surface area contributed by atoms with Crippen molar-refractivity contribution < 1.29 is 9.53 Å². The molecule has 8 heteroatoms. The largest absolute Gasteiger partial charge is 0.376 e. The lowest BCUT2D eigenvalue weighted by molar-refractivity contribution is -0.00730. The minimum Gasteiger partial charge on any atom is -0.376 e. The normalized spacial score (nSPS) is 16.4. The van der Waals surface area contributed by atoms with Crippen molar-refractivity contribution in [2.75, 3.05) is 19.7 Å². The maximum Gasteiger partial charge on any atom is 0.320 e. The summed E-state index contributed by atoms with van der Waals surface area (Å²) in [5.41, 5.74) is 1.62. The van der Waals surface area contributed by atoms with Crippen LogP contribution in [0.1, 0.15) is 31.9 Å². The molecular formula is C25H30BCl2N3O2. The number of amides is 2. The number of halogens is 2. The lowest BCUT2D eigenvalue weighted by atomic mass is 9.39. The summed E-state index contributed by atoms with van der Waals surface area (Å²) in [5, 5.41) is 10.9. The van der Waals surface area contributed by atoms with Gasteiger partial charge in [-0.05, 0) is 68.3 Å². The Morgan fingerprint density at radius 1 is 1.15 bits per heavy atom. The Morgan fingerprint density at radius 3 is 2.21 bits per heavy atom. The summed E-state index contributed by atoms with van der Waals surface area (Å²) in [7, 11) is 0. The fraction of sp³-hybridized carbons (Fsp3) is 0.440. The molecule has 3 rings (SSSR count). The molecule has 174 valence electrons. The van der Waals surface area contributed by atoms with Crippen LogP contribution in [0, 0.1) is 11.2 Å². The van der Waals surface area contributed by atoms with Gasteiger partial charge in [-0.2, -0.15) is 0 Å². The first-order chi connectivity index (χ1) is 15.6. The number of hydrogen-bond donors (Lipinski definition) is 0. The van der Waals surface area contributed by atoms with E-state index < -0.39 is 0 Å². The van der Waals surface area contributed by atoms with Gasteiger partial charge < -0.3 is 14.5 Å². The second-order valence-corrected chi connectivity index (χ2v) is 10.4. The number of nitriles is 1. The number of carbonyl (C=O) groups is 1. The van der Waals surface area contributed by atoms with Crippen LogP contribution >= 0.6 is 23.2 Å². The molecule has 0 radical (unpaired) electrons. The Bertz CT molecular complexity index is 958. The zero-order valence-electron chi connectivity index (χ0n) is 19.4. The summed E-state index contributed by atoms with van der Waals surface area (Å²) in [5.74, 6) is 2.39. The van der Waals surface area contributed by atoms with Crippen LogP contribution in [0.15, 0.2) is 48.5 Å². The molecule has 2 aromatic carbocycles. The van der Waals surface area contributed by atoms with Crippen molar-refractivity contribution >= 4 is 35.9 Å². The van der Waals surface area contributed by atoms with Gasteiger partial charge in [-0.15, -0.1) is 0 Å². The van der Waals surface area contributed by atoms with Gasteiger partial charge in [0.1, 0.15) is 0 Å². The minimum atomic E-state index is -0.294. The molecule has 33 heavy (non-hydrogen) atoms. The molecule has 0 bridgehead atoms. The van der Waals surface area contributed by atoms with Crippen molar-refractivity contribution in [2.45, 2.75) is 51.6 Å². The smallest absolute Gasteiger partial charge is 0.320 e. The number of benzene rings is 2.